The molecule has 0 radical (unpaired) electrons. The van der Waals surface area contributed by atoms with Crippen LogP contribution < -0.4 is 11.0 Å². The maximum Gasteiger partial charge on any atom is 0.364 e. The van der Waals surface area contributed by atoms with Crippen LogP contribution in [-0.2, 0) is 6.54 Å². The average Bonchev–Trinajstić information content (AvgIpc) is 2.92. The number of nitrogens with zero attached hydrogens (tertiary/aromatic N) is 3. The number of aryl methyl sites for hydroxylation is 2. The van der Waals surface area contributed by atoms with Gasteiger partial charge in [-0.15, -0.1) is 16.4 Å². The second-order valence-electron chi connectivity index (χ2n) is 4.32. The zero-order valence-corrected chi connectivity index (χ0v) is 11.4. The fourth-order valence-corrected chi connectivity index (χ4v) is 2.80. The van der Waals surface area contributed by atoms with E-state index < -0.39 is 0 Å². The summed E-state index contributed by atoms with van der Waals surface area (Å²) in [4.78, 5) is 14.0. The van der Waals surface area contributed by atoms with Crippen LogP contribution in [0.3, 0.4) is 0 Å². The van der Waals surface area contributed by atoms with E-state index in [0.717, 1.165) is 0 Å². The van der Waals surface area contributed by atoms with Crippen molar-refractivity contribution in [1.29, 1.82) is 0 Å². The van der Waals surface area contributed by atoms with E-state index in [1.54, 1.807) is 17.4 Å². The first-order chi connectivity index (χ1) is 9.13. The summed E-state index contributed by atoms with van der Waals surface area (Å²) in [5.41, 5.74) is 1.48. The van der Waals surface area contributed by atoms with Crippen LogP contribution in [0.5, 0.6) is 0 Å². The largest absolute Gasteiger partial charge is 0.364 e. The summed E-state index contributed by atoms with van der Waals surface area (Å²) in [7, 11) is 0. The Morgan fingerprint density at radius 1 is 1.42 bits per heavy atom. The molecule has 3 aromatic heterocycles. The van der Waals surface area contributed by atoms with Crippen molar-refractivity contribution < 1.29 is 0 Å². The number of fused-ring (bicyclic) bond motifs is 1. The second-order valence-corrected chi connectivity index (χ2v) is 5.66. The Labute approximate surface area is 113 Å². The molecule has 0 spiro atoms. The van der Waals surface area contributed by atoms with Gasteiger partial charge in [0.1, 0.15) is 5.82 Å². The van der Waals surface area contributed by atoms with Crippen molar-refractivity contribution in [2.24, 2.45) is 0 Å². The van der Waals surface area contributed by atoms with Gasteiger partial charge in [0.05, 0.1) is 6.54 Å². The third kappa shape index (κ3) is 2.24. The lowest BCUT2D eigenvalue weighted by molar-refractivity contribution is 0.876. The van der Waals surface area contributed by atoms with Crippen molar-refractivity contribution >= 4 is 22.8 Å². The number of aromatic amines is 1. The van der Waals surface area contributed by atoms with Crippen molar-refractivity contribution in [1.82, 2.24) is 19.8 Å². The lowest BCUT2D eigenvalue weighted by Gasteiger charge is -2.03. The van der Waals surface area contributed by atoms with Gasteiger partial charge in [-0.2, -0.15) is 9.61 Å². The smallest absolute Gasteiger partial charge is 0.364 e. The number of aromatic nitrogens is 4. The summed E-state index contributed by atoms with van der Waals surface area (Å²) < 4.78 is 1.24. The number of H-pyrrole nitrogens is 1. The number of anilines is 1. The van der Waals surface area contributed by atoms with Crippen LogP contribution in [0.2, 0.25) is 0 Å². The van der Waals surface area contributed by atoms with Gasteiger partial charge in [-0.1, -0.05) is 0 Å². The van der Waals surface area contributed by atoms with Crippen molar-refractivity contribution in [2.45, 2.75) is 20.4 Å². The number of nitrogens with one attached hydrogen (secondary N) is 2. The molecular weight excluding hydrogens is 262 g/mol. The summed E-state index contributed by atoms with van der Waals surface area (Å²) in [6.45, 7) is 4.91. The number of hydrogen-bond acceptors (Lipinski definition) is 5. The highest BCUT2D eigenvalue weighted by molar-refractivity contribution is 7.12. The van der Waals surface area contributed by atoms with Crippen molar-refractivity contribution in [3.05, 3.63) is 44.0 Å². The van der Waals surface area contributed by atoms with Crippen LogP contribution in [0.25, 0.3) is 5.65 Å². The van der Waals surface area contributed by atoms with Gasteiger partial charge in [0.25, 0.3) is 0 Å². The topological polar surface area (TPSA) is 75.1 Å². The maximum atomic E-state index is 11.4. The molecule has 0 aliphatic rings. The minimum atomic E-state index is -0.332. The van der Waals surface area contributed by atoms with Crippen molar-refractivity contribution in [3.63, 3.8) is 0 Å². The first kappa shape index (κ1) is 11.9. The second kappa shape index (κ2) is 4.51. The molecule has 3 aromatic rings. The molecule has 0 aliphatic carbocycles. The first-order valence-electron chi connectivity index (χ1n) is 5.88. The maximum absolute atomic E-state index is 11.4. The number of thiophene rings is 1. The molecule has 0 amide bonds. The molecule has 0 fully saturated rings. The van der Waals surface area contributed by atoms with Crippen LogP contribution in [0.4, 0.5) is 5.82 Å². The first-order valence-corrected chi connectivity index (χ1v) is 6.69. The third-order valence-electron chi connectivity index (χ3n) is 2.93. The molecule has 0 aromatic carbocycles. The van der Waals surface area contributed by atoms with Gasteiger partial charge in [-0.05, 0) is 37.6 Å². The van der Waals surface area contributed by atoms with E-state index >= 15 is 0 Å². The van der Waals surface area contributed by atoms with Gasteiger partial charge < -0.3 is 5.32 Å². The lowest BCUT2D eigenvalue weighted by Crippen LogP contribution is -2.13. The molecule has 0 saturated heterocycles. The molecule has 3 rings (SSSR count). The Bertz CT molecular complexity index is 765. The predicted octanol–water partition coefficient (Wildman–Crippen LogP) is 1.71. The van der Waals surface area contributed by atoms with Crippen LogP contribution in [0.1, 0.15) is 15.3 Å². The summed E-state index contributed by atoms with van der Waals surface area (Å²) in [5, 5.41) is 13.6. The van der Waals surface area contributed by atoms with Crippen LogP contribution in [-0.4, -0.2) is 19.8 Å². The Morgan fingerprint density at radius 2 is 2.26 bits per heavy atom. The number of rotatable bonds is 3. The quantitative estimate of drug-likeness (QED) is 0.763. The van der Waals surface area contributed by atoms with Crippen LogP contribution in [0.15, 0.2) is 23.0 Å². The SMILES string of the molecule is Cc1cc(CNc2ccc3n[nH]c(=O)n3n2)sc1C. The molecule has 2 N–H and O–H groups in total. The summed E-state index contributed by atoms with van der Waals surface area (Å²) >= 11 is 1.76. The zero-order valence-electron chi connectivity index (χ0n) is 10.6. The van der Waals surface area contributed by atoms with E-state index in [0.29, 0.717) is 18.0 Å². The van der Waals surface area contributed by atoms with E-state index in [-0.39, 0.29) is 5.69 Å². The van der Waals surface area contributed by atoms with Gasteiger partial charge in [-0.25, -0.2) is 9.89 Å². The Kier molecular flexibility index (Phi) is 2.83. The van der Waals surface area contributed by atoms with E-state index in [4.69, 9.17) is 0 Å². The van der Waals surface area contributed by atoms with Crippen molar-refractivity contribution in [2.75, 3.05) is 5.32 Å². The molecule has 0 aliphatic heterocycles. The molecule has 3 heterocycles. The highest BCUT2D eigenvalue weighted by atomic mass is 32.1. The van der Waals surface area contributed by atoms with Gasteiger partial charge in [0.15, 0.2) is 5.65 Å². The molecule has 0 atom stereocenters. The average molecular weight is 275 g/mol. The fourth-order valence-electron chi connectivity index (χ4n) is 1.81. The van der Waals surface area contributed by atoms with Gasteiger partial charge in [0.2, 0.25) is 0 Å². The molecule has 0 bridgehead atoms. The van der Waals surface area contributed by atoms with E-state index in [9.17, 15) is 4.79 Å². The molecule has 7 heteroatoms. The third-order valence-corrected chi connectivity index (χ3v) is 4.09. The van der Waals surface area contributed by atoms with Crippen LogP contribution >= 0.6 is 11.3 Å². The van der Waals surface area contributed by atoms with Gasteiger partial charge >= 0.3 is 5.69 Å². The summed E-state index contributed by atoms with van der Waals surface area (Å²) in [6.07, 6.45) is 0. The Morgan fingerprint density at radius 3 is 3.00 bits per heavy atom. The highest BCUT2D eigenvalue weighted by Crippen LogP contribution is 2.21. The molecule has 0 unspecified atom stereocenters. The van der Waals surface area contributed by atoms with Crippen molar-refractivity contribution in [3.8, 4) is 0 Å². The lowest BCUT2D eigenvalue weighted by atomic mass is 10.3. The standard InChI is InChI=1S/C12H13N5OS/c1-7-5-9(19-8(7)2)6-13-10-3-4-11-14-15-12(18)17(11)16-10/h3-5H,6H2,1-2H3,(H,13,16)(H,15,18). The molecule has 19 heavy (non-hydrogen) atoms. The zero-order chi connectivity index (χ0) is 13.4. The fraction of sp³-hybridized carbons (Fsp3) is 0.250. The minimum Gasteiger partial charge on any atom is -0.364 e. The number of hydrogen-bond donors (Lipinski definition) is 2. The summed E-state index contributed by atoms with van der Waals surface area (Å²) in [5.74, 6) is 0.653. The van der Waals surface area contributed by atoms with E-state index in [1.165, 1.54) is 19.8 Å². The monoisotopic (exact) mass is 275 g/mol. The van der Waals surface area contributed by atoms with E-state index in [1.807, 2.05) is 6.07 Å². The Hall–Kier alpha value is -2.15. The predicted molar refractivity (Wildman–Crippen MR) is 74.7 cm³/mol. The Balaban J connectivity index is 1.81. The van der Waals surface area contributed by atoms with Gasteiger partial charge in [-0.3, -0.25) is 0 Å². The summed E-state index contributed by atoms with van der Waals surface area (Å²) in [6, 6.07) is 5.72. The molecule has 98 valence electrons. The van der Waals surface area contributed by atoms with Crippen LogP contribution in [0, 0.1) is 13.8 Å². The van der Waals surface area contributed by atoms with E-state index in [2.05, 4.69) is 40.5 Å². The highest BCUT2D eigenvalue weighted by Gasteiger charge is 2.04. The minimum absolute atomic E-state index is 0.332. The van der Waals surface area contributed by atoms with Gasteiger partial charge in [0, 0.05) is 9.75 Å². The normalized spacial score (nSPS) is 11.1. The molecule has 0 saturated carbocycles. The molecular formula is C12H13N5OS. The molecule has 6 nitrogen and oxygen atoms in total.